The van der Waals surface area contributed by atoms with Crippen LogP contribution in [0.3, 0.4) is 0 Å². The fourth-order valence-corrected chi connectivity index (χ4v) is 5.78. The van der Waals surface area contributed by atoms with E-state index in [0.717, 1.165) is 128 Å². The highest BCUT2D eigenvalue weighted by Gasteiger charge is 2.19. The summed E-state index contributed by atoms with van der Waals surface area (Å²) in [6.07, 6.45) is 69.6. The summed E-state index contributed by atoms with van der Waals surface area (Å²) in [6, 6.07) is 0. The van der Waals surface area contributed by atoms with Crippen LogP contribution >= 0.6 is 0 Å². The van der Waals surface area contributed by atoms with Crippen LogP contribution in [0.5, 0.6) is 0 Å². The number of allylic oxidation sites excluding steroid dienone is 24. The summed E-state index contributed by atoms with van der Waals surface area (Å²) in [7, 11) is 0. The normalized spacial score (nSPS) is 13.4. The lowest BCUT2D eigenvalue weighted by Gasteiger charge is -2.18. The third kappa shape index (κ3) is 46.4. The molecule has 0 spiro atoms. The molecule has 0 aromatic heterocycles. The van der Waals surface area contributed by atoms with Crippen LogP contribution in [-0.4, -0.2) is 37.2 Å². The van der Waals surface area contributed by atoms with Crippen LogP contribution in [0.4, 0.5) is 0 Å². The van der Waals surface area contributed by atoms with E-state index < -0.39 is 6.10 Å². The maximum atomic E-state index is 12.8. The van der Waals surface area contributed by atoms with Gasteiger partial charge in [-0.2, -0.15) is 0 Å². The second-order valence-corrected chi connectivity index (χ2v) is 15.1. The standard InChI is InChI=1S/C56H84O6/c1-4-7-10-13-16-19-22-25-28-31-34-37-40-43-46-49-55(58)61-52-53(51-60-54(57)48-45-42-39-36-33-30-27-24-21-18-15-12-9-6-3)62-56(59)50-47-44-41-38-35-32-29-26-23-20-17-14-11-8-5-2/h7-14,16-23,25-31,34,53H,4-6,15,24,32-33,35-52H2,1-3H3/b10-7-,11-8-,12-9-,16-13-,17-14-,21-18-,22-19-,23-20-,28-25-,29-26-,30-27-,34-31-. The molecule has 62 heavy (non-hydrogen) atoms. The van der Waals surface area contributed by atoms with Gasteiger partial charge in [0.2, 0.25) is 0 Å². The third-order valence-electron chi connectivity index (χ3n) is 9.29. The molecule has 0 bridgehead atoms. The second-order valence-electron chi connectivity index (χ2n) is 15.1. The Bertz CT molecular complexity index is 1440. The van der Waals surface area contributed by atoms with Crippen LogP contribution in [0.15, 0.2) is 146 Å². The lowest BCUT2D eigenvalue weighted by Crippen LogP contribution is -2.30. The van der Waals surface area contributed by atoms with Gasteiger partial charge < -0.3 is 14.2 Å². The van der Waals surface area contributed by atoms with Crippen molar-refractivity contribution in [3.63, 3.8) is 0 Å². The first-order chi connectivity index (χ1) is 30.5. The minimum Gasteiger partial charge on any atom is -0.462 e. The van der Waals surface area contributed by atoms with Crippen LogP contribution in [0.25, 0.3) is 0 Å². The minimum absolute atomic E-state index is 0.121. The van der Waals surface area contributed by atoms with Gasteiger partial charge in [0.1, 0.15) is 13.2 Å². The quantitative estimate of drug-likeness (QED) is 0.0201. The molecule has 344 valence electrons. The number of hydrogen-bond donors (Lipinski definition) is 0. The number of hydrogen-bond acceptors (Lipinski definition) is 6. The molecule has 6 nitrogen and oxygen atoms in total. The fourth-order valence-electron chi connectivity index (χ4n) is 5.78. The molecule has 0 radical (unpaired) electrons. The van der Waals surface area contributed by atoms with Crippen LogP contribution in [0.1, 0.15) is 168 Å². The van der Waals surface area contributed by atoms with Crippen molar-refractivity contribution in [3.05, 3.63) is 146 Å². The summed E-state index contributed by atoms with van der Waals surface area (Å²) < 4.78 is 16.7. The zero-order valence-electron chi connectivity index (χ0n) is 39.1. The van der Waals surface area contributed by atoms with Crippen molar-refractivity contribution in [2.45, 2.75) is 175 Å². The predicted octanol–water partition coefficient (Wildman–Crippen LogP) is 15.7. The van der Waals surface area contributed by atoms with Crippen molar-refractivity contribution in [1.29, 1.82) is 0 Å². The van der Waals surface area contributed by atoms with Gasteiger partial charge in [0.25, 0.3) is 0 Å². The van der Waals surface area contributed by atoms with Crippen LogP contribution < -0.4 is 0 Å². The largest absolute Gasteiger partial charge is 0.462 e. The molecule has 1 unspecified atom stereocenters. The molecular formula is C56H84O6. The van der Waals surface area contributed by atoms with E-state index in [0.29, 0.717) is 12.8 Å². The fraction of sp³-hybridized carbons (Fsp3) is 0.518. The van der Waals surface area contributed by atoms with E-state index >= 15 is 0 Å². The van der Waals surface area contributed by atoms with Gasteiger partial charge in [0.15, 0.2) is 6.10 Å². The molecule has 0 heterocycles. The molecule has 0 aliphatic carbocycles. The molecule has 0 fully saturated rings. The smallest absolute Gasteiger partial charge is 0.306 e. The van der Waals surface area contributed by atoms with Gasteiger partial charge in [-0.1, -0.05) is 205 Å². The lowest BCUT2D eigenvalue weighted by atomic mass is 10.1. The summed E-state index contributed by atoms with van der Waals surface area (Å²) in [5, 5.41) is 0. The van der Waals surface area contributed by atoms with Gasteiger partial charge >= 0.3 is 17.9 Å². The first-order valence-corrected chi connectivity index (χ1v) is 24.0. The number of rotatable bonds is 40. The summed E-state index contributed by atoms with van der Waals surface area (Å²) in [4.78, 5) is 37.9. The second kappa shape index (κ2) is 49.0. The number of esters is 3. The molecule has 0 saturated heterocycles. The highest BCUT2D eigenvalue weighted by molar-refractivity contribution is 5.71. The van der Waals surface area contributed by atoms with E-state index in [9.17, 15) is 14.4 Å². The monoisotopic (exact) mass is 853 g/mol. The van der Waals surface area contributed by atoms with Crippen molar-refractivity contribution in [3.8, 4) is 0 Å². The molecule has 0 aromatic rings. The maximum absolute atomic E-state index is 12.8. The molecular weight excluding hydrogens is 769 g/mol. The molecule has 0 N–H and O–H groups in total. The maximum Gasteiger partial charge on any atom is 0.306 e. The highest BCUT2D eigenvalue weighted by atomic mass is 16.6. The molecule has 1 atom stereocenters. The first kappa shape index (κ1) is 57.3. The summed E-state index contributed by atoms with van der Waals surface area (Å²) in [5.41, 5.74) is 0. The van der Waals surface area contributed by atoms with E-state index in [4.69, 9.17) is 14.2 Å². The number of carbonyl (C=O) groups is 3. The molecule has 0 aromatic carbocycles. The lowest BCUT2D eigenvalue weighted by molar-refractivity contribution is -0.167. The van der Waals surface area contributed by atoms with E-state index in [2.05, 4.69) is 93.7 Å². The van der Waals surface area contributed by atoms with E-state index in [1.54, 1.807) is 0 Å². The Morgan fingerprint density at radius 2 is 0.661 bits per heavy atom. The van der Waals surface area contributed by atoms with Gasteiger partial charge in [-0.3, -0.25) is 14.4 Å². The van der Waals surface area contributed by atoms with Crippen LogP contribution in [0, 0.1) is 0 Å². The Kier molecular flexibility index (Phi) is 45.2. The van der Waals surface area contributed by atoms with Crippen LogP contribution in [-0.2, 0) is 28.6 Å². The average Bonchev–Trinajstić information content (AvgIpc) is 3.27. The minimum atomic E-state index is -0.823. The molecule has 0 saturated carbocycles. The van der Waals surface area contributed by atoms with Gasteiger partial charge in [-0.25, -0.2) is 0 Å². The summed E-state index contributed by atoms with van der Waals surface area (Å²) in [6.45, 7) is 6.13. The first-order valence-electron chi connectivity index (χ1n) is 24.0. The molecule has 0 rings (SSSR count). The summed E-state index contributed by atoms with van der Waals surface area (Å²) >= 11 is 0. The predicted molar refractivity (Wildman–Crippen MR) is 265 cm³/mol. The topological polar surface area (TPSA) is 78.9 Å². The zero-order chi connectivity index (χ0) is 45.1. The van der Waals surface area contributed by atoms with Gasteiger partial charge in [-0.15, -0.1) is 0 Å². The Labute approximate surface area is 378 Å². The Morgan fingerprint density at radius 3 is 1.11 bits per heavy atom. The molecule has 0 aliphatic heterocycles. The summed E-state index contributed by atoms with van der Waals surface area (Å²) in [5.74, 6) is -1.02. The molecule has 0 aliphatic rings. The van der Waals surface area contributed by atoms with Gasteiger partial charge in [0.05, 0.1) is 0 Å². The Hall–Kier alpha value is -4.71. The number of unbranched alkanes of at least 4 members (excludes halogenated alkanes) is 12. The number of ether oxygens (including phenoxy) is 3. The van der Waals surface area contributed by atoms with E-state index in [-0.39, 0.29) is 37.5 Å². The van der Waals surface area contributed by atoms with Crippen molar-refractivity contribution in [2.75, 3.05) is 13.2 Å². The van der Waals surface area contributed by atoms with Crippen molar-refractivity contribution >= 4 is 17.9 Å². The van der Waals surface area contributed by atoms with Gasteiger partial charge in [0, 0.05) is 19.3 Å². The average molecular weight is 853 g/mol. The highest BCUT2D eigenvalue weighted by Crippen LogP contribution is 2.12. The third-order valence-corrected chi connectivity index (χ3v) is 9.29. The van der Waals surface area contributed by atoms with Crippen molar-refractivity contribution in [2.24, 2.45) is 0 Å². The van der Waals surface area contributed by atoms with E-state index in [1.807, 2.05) is 72.9 Å². The van der Waals surface area contributed by atoms with Crippen molar-refractivity contribution in [1.82, 2.24) is 0 Å². The van der Waals surface area contributed by atoms with E-state index in [1.165, 1.54) is 0 Å². The zero-order valence-corrected chi connectivity index (χ0v) is 39.1. The SMILES string of the molecule is CC\C=C/C=C\C=C/C=C\C=C/CCCCCC(=O)OCC(COC(=O)CCCCCC/C=C\C/C=C\C/C=C\CC)OC(=O)CCCCCCC\C=C/C=C\C=C/C=C\CC. The Balaban J connectivity index is 4.59. The molecule has 0 amide bonds. The van der Waals surface area contributed by atoms with Crippen LogP contribution in [0.2, 0.25) is 0 Å². The Morgan fingerprint density at radius 1 is 0.339 bits per heavy atom. The van der Waals surface area contributed by atoms with Gasteiger partial charge in [-0.05, 0) is 89.9 Å². The molecule has 6 heteroatoms. The van der Waals surface area contributed by atoms with Crippen molar-refractivity contribution < 1.29 is 28.6 Å². The number of carbonyl (C=O) groups excluding carboxylic acids is 3.